The lowest BCUT2D eigenvalue weighted by atomic mass is 10.1. The van der Waals surface area contributed by atoms with Crippen LogP contribution in [0.4, 0.5) is 4.39 Å². The van der Waals surface area contributed by atoms with Crippen LogP contribution in [0.3, 0.4) is 0 Å². The average Bonchev–Trinajstić information content (AvgIpc) is 3.30. The van der Waals surface area contributed by atoms with Gasteiger partial charge in [0.1, 0.15) is 11.6 Å². The molecule has 1 aromatic heterocycles. The largest absolute Gasteiger partial charge is 0.497 e. The van der Waals surface area contributed by atoms with Gasteiger partial charge >= 0.3 is 0 Å². The van der Waals surface area contributed by atoms with Crippen LogP contribution in [-0.2, 0) is 4.79 Å². The van der Waals surface area contributed by atoms with Crippen molar-refractivity contribution in [3.05, 3.63) is 90.2 Å². The second-order valence-electron chi connectivity index (χ2n) is 7.34. The summed E-state index contributed by atoms with van der Waals surface area (Å²) in [5, 5.41) is 21.9. The third kappa shape index (κ3) is 5.44. The number of ether oxygens (including phenoxy) is 1. The Bertz CT molecular complexity index is 1250. The number of benzene rings is 3. The molecule has 0 aliphatic heterocycles. The first-order valence-electron chi connectivity index (χ1n) is 10.5. The normalized spacial score (nSPS) is 11.7. The molecule has 9 heteroatoms. The third-order valence-electron chi connectivity index (χ3n) is 5.09. The number of carbonyl (C=O) groups excluding carboxylic acids is 1. The van der Waals surface area contributed by atoms with Crippen LogP contribution in [0, 0.1) is 5.82 Å². The fourth-order valence-electron chi connectivity index (χ4n) is 3.33. The first kappa shape index (κ1) is 23.5. The van der Waals surface area contributed by atoms with Gasteiger partial charge in [-0.3, -0.25) is 9.36 Å². The molecule has 4 rings (SSSR count). The predicted molar refractivity (Wildman–Crippen MR) is 128 cm³/mol. The molecule has 0 fully saturated rings. The molecule has 1 atom stereocenters. The second-order valence-corrected chi connectivity index (χ2v) is 8.28. The number of nitrogens with zero attached hydrogens (tertiary/aromatic N) is 3. The Morgan fingerprint density at radius 1 is 1.06 bits per heavy atom. The highest BCUT2D eigenvalue weighted by molar-refractivity contribution is 7.99. The number of aromatic nitrogens is 3. The van der Waals surface area contributed by atoms with Crippen molar-refractivity contribution in [3.8, 4) is 22.8 Å². The number of hydrogen-bond acceptors (Lipinski definition) is 6. The number of rotatable bonds is 9. The molecule has 1 amide bonds. The van der Waals surface area contributed by atoms with E-state index in [0.29, 0.717) is 27.9 Å². The predicted octanol–water partition coefficient (Wildman–Crippen LogP) is 4.02. The topological polar surface area (TPSA) is 89.3 Å². The van der Waals surface area contributed by atoms with E-state index < -0.39 is 11.9 Å². The first-order valence-corrected chi connectivity index (χ1v) is 11.5. The number of nitrogens with one attached hydrogen (secondary N) is 1. The van der Waals surface area contributed by atoms with Crippen molar-refractivity contribution >= 4 is 17.7 Å². The number of hydrogen-bond donors (Lipinski definition) is 2. The highest BCUT2D eigenvalue weighted by Gasteiger charge is 2.19. The molecule has 0 aliphatic rings. The molecule has 0 saturated carbocycles. The van der Waals surface area contributed by atoms with Crippen LogP contribution in [0.1, 0.15) is 11.7 Å². The summed E-state index contributed by atoms with van der Waals surface area (Å²) in [5.41, 5.74) is 1.74. The Morgan fingerprint density at radius 3 is 2.47 bits per heavy atom. The molecule has 7 nitrogen and oxygen atoms in total. The summed E-state index contributed by atoms with van der Waals surface area (Å²) in [6.07, 6.45) is -0.847. The number of halogens is 1. The van der Waals surface area contributed by atoms with Crippen molar-refractivity contribution in [1.82, 2.24) is 20.1 Å². The van der Waals surface area contributed by atoms with E-state index in [1.54, 1.807) is 54.1 Å². The standard InChI is InChI=1S/C25H23FN4O3S/c1-33-19-13-11-17(12-14-19)22(31)15-27-23(32)16-34-25-29-28-24(20-9-5-6-10-21(20)26)30(25)18-7-3-2-4-8-18/h2-14,22,31H,15-16H2,1H3,(H,27,32). The molecule has 1 unspecified atom stereocenters. The second kappa shape index (κ2) is 11.0. The van der Waals surface area contributed by atoms with Crippen LogP contribution in [0.5, 0.6) is 5.75 Å². The van der Waals surface area contributed by atoms with Gasteiger partial charge in [0, 0.05) is 12.2 Å². The van der Waals surface area contributed by atoms with Crippen molar-refractivity contribution < 1.29 is 19.0 Å². The number of amides is 1. The Hall–Kier alpha value is -3.69. The van der Waals surface area contributed by atoms with Gasteiger partial charge in [0.25, 0.3) is 0 Å². The fraction of sp³-hybridized carbons (Fsp3) is 0.160. The highest BCUT2D eigenvalue weighted by Crippen LogP contribution is 2.29. The minimum Gasteiger partial charge on any atom is -0.497 e. The number of carbonyl (C=O) groups is 1. The van der Waals surface area contributed by atoms with Crippen LogP contribution < -0.4 is 10.1 Å². The molecule has 0 spiro atoms. The molecule has 4 aromatic rings. The zero-order chi connectivity index (χ0) is 23.9. The fourth-order valence-corrected chi connectivity index (χ4v) is 4.11. The van der Waals surface area contributed by atoms with Crippen LogP contribution in [0.15, 0.2) is 84.0 Å². The summed E-state index contributed by atoms with van der Waals surface area (Å²) < 4.78 is 21.3. The molecule has 0 bridgehead atoms. The van der Waals surface area contributed by atoms with Gasteiger partial charge in [0.15, 0.2) is 11.0 Å². The van der Waals surface area contributed by atoms with E-state index in [9.17, 15) is 14.3 Å². The van der Waals surface area contributed by atoms with Crippen molar-refractivity contribution in [1.29, 1.82) is 0 Å². The quantitative estimate of drug-likeness (QED) is 0.353. The molecule has 0 aliphatic carbocycles. The molecule has 0 radical (unpaired) electrons. The van der Waals surface area contributed by atoms with Gasteiger partial charge in [-0.2, -0.15) is 0 Å². The molecule has 0 saturated heterocycles. The lowest BCUT2D eigenvalue weighted by Gasteiger charge is -2.13. The molecule has 2 N–H and O–H groups in total. The van der Waals surface area contributed by atoms with E-state index in [4.69, 9.17) is 4.74 Å². The number of methoxy groups -OCH3 is 1. The summed E-state index contributed by atoms with van der Waals surface area (Å²) >= 11 is 1.18. The molecule has 34 heavy (non-hydrogen) atoms. The van der Waals surface area contributed by atoms with E-state index in [0.717, 1.165) is 5.69 Å². The van der Waals surface area contributed by atoms with E-state index >= 15 is 0 Å². The number of thioether (sulfide) groups is 1. The van der Waals surface area contributed by atoms with Crippen LogP contribution in [0.25, 0.3) is 17.1 Å². The Labute approximate surface area is 200 Å². The summed E-state index contributed by atoms with van der Waals surface area (Å²) in [5.74, 6) is 0.412. The molecule has 1 heterocycles. The average molecular weight is 479 g/mol. The van der Waals surface area contributed by atoms with Crippen molar-refractivity contribution in [3.63, 3.8) is 0 Å². The van der Waals surface area contributed by atoms with E-state index in [2.05, 4.69) is 15.5 Å². The summed E-state index contributed by atoms with van der Waals surface area (Å²) in [7, 11) is 1.57. The third-order valence-corrected chi connectivity index (χ3v) is 6.02. The number of para-hydroxylation sites is 1. The number of aliphatic hydroxyl groups excluding tert-OH is 1. The van der Waals surface area contributed by atoms with Gasteiger partial charge in [0.05, 0.1) is 24.5 Å². The van der Waals surface area contributed by atoms with Crippen LogP contribution in [-0.4, -0.2) is 45.2 Å². The van der Waals surface area contributed by atoms with Gasteiger partial charge in [0.2, 0.25) is 5.91 Å². The van der Waals surface area contributed by atoms with Gasteiger partial charge in [-0.05, 0) is 42.0 Å². The van der Waals surface area contributed by atoms with Crippen molar-refractivity contribution in [2.45, 2.75) is 11.3 Å². The van der Waals surface area contributed by atoms with Crippen LogP contribution in [0.2, 0.25) is 0 Å². The Balaban J connectivity index is 1.45. The maximum atomic E-state index is 14.5. The Kier molecular flexibility index (Phi) is 7.56. The minimum absolute atomic E-state index is 0.0531. The number of aliphatic hydroxyl groups is 1. The molecular weight excluding hydrogens is 455 g/mol. The highest BCUT2D eigenvalue weighted by atomic mass is 32.2. The van der Waals surface area contributed by atoms with E-state index in [1.807, 2.05) is 30.3 Å². The smallest absolute Gasteiger partial charge is 0.230 e. The van der Waals surface area contributed by atoms with Crippen molar-refractivity contribution in [2.75, 3.05) is 19.4 Å². The molecule has 3 aromatic carbocycles. The van der Waals surface area contributed by atoms with Crippen molar-refractivity contribution in [2.24, 2.45) is 0 Å². The van der Waals surface area contributed by atoms with Gasteiger partial charge in [-0.15, -0.1) is 10.2 Å². The summed E-state index contributed by atoms with van der Waals surface area (Å²) in [6.45, 7) is 0.0670. The van der Waals surface area contributed by atoms with E-state index in [-0.39, 0.29) is 18.2 Å². The zero-order valence-corrected chi connectivity index (χ0v) is 19.2. The first-order chi connectivity index (χ1) is 16.6. The lowest BCUT2D eigenvalue weighted by molar-refractivity contribution is -0.119. The Morgan fingerprint density at radius 2 is 1.76 bits per heavy atom. The maximum Gasteiger partial charge on any atom is 0.230 e. The van der Waals surface area contributed by atoms with Gasteiger partial charge < -0.3 is 15.2 Å². The minimum atomic E-state index is -0.847. The lowest BCUT2D eigenvalue weighted by Crippen LogP contribution is -2.29. The van der Waals surface area contributed by atoms with E-state index in [1.165, 1.54) is 17.8 Å². The molecule has 174 valence electrons. The maximum absolute atomic E-state index is 14.5. The summed E-state index contributed by atoms with van der Waals surface area (Å²) in [6, 6.07) is 22.7. The van der Waals surface area contributed by atoms with Gasteiger partial charge in [-0.25, -0.2) is 4.39 Å². The SMILES string of the molecule is COc1ccc(C(O)CNC(=O)CSc2nnc(-c3ccccc3F)n2-c2ccccc2)cc1. The van der Waals surface area contributed by atoms with Gasteiger partial charge in [-0.1, -0.05) is 54.2 Å². The zero-order valence-electron chi connectivity index (χ0n) is 18.4. The molecular formula is C25H23FN4O3S. The monoisotopic (exact) mass is 478 g/mol. The summed E-state index contributed by atoms with van der Waals surface area (Å²) in [4.78, 5) is 12.5. The van der Waals surface area contributed by atoms with Crippen LogP contribution >= 0.6 is 11.8 Å².